The first-order chi connectivity index (χ1) is 8.35. The van der Waals surface area contributed by atoms with Crippen LogP contribution in [-0.4, -0.2) is 29.4 Å². The maximum absolute atomic E-state index is 12.3. The molecule has 106 valence electrons. The van der Waals surface area contributed by atoms with Crippen molar-refractivity contribution in [2.45, 2.75) is 19.1 Å². The number of halogens is 5. The van der Waals surface area contributed by atoms with Gasteiger partial charge in [0.2, 0.25) is 0 Å². The molecule has 2 nitrogen and oxygen atoms in total. The van der Waals surface area contributed by atoms with Crippen LogP contribution in [0.5, 0.6) is 0 Å². The maximum Gasteiger partial charge on any atom is 0.401 e. The molecule has 1 heterocycles. The molecule has 1 aliphatic rings. The smallest absolute Gasteiger partial charge is 0.290 e. The summed E-state index contributed by atoms with van der Waals surface area (Å²) >= 11 is 5.36. The highest BCUT2D eigenvalue weighted by Gasteiger charge is 2.32. The van der Waals surface area contributed by atoms with Gasteiger partial charge in [0.15, 0.2) is 0 Å². The topological polar surface area (TPSA) is 20.3 Å². The fourth-order valence-corrected chi connectivity index (χ4v) is 2.24. The van der Waals surface area contributed by atoms with Crippen molar-refractivity contribution in [3.05, 3.63) is 34.9 Å². The van der Waals surface area contributed by atoms with E-state index in [1.165, 1.54) is 4.90 Å². The number of nitrogens with zero attached hydrogens (tertiary/aromatic N) is 1. The van der Waals surface area contributed by atoms with E-state index in [0.717, 1.165) is 11.1 Å². The van der Waals surface area contributed by atoms with Gasteiger partial charge in [-0.25, -0.2) is 0 Å². The fourth-order valence-electron chi connectivity index (χ4n) is 2.12. The Morgan fingerprint density at radius 2 is 2.00 bits per heavy atom. The molecule has 0 atom stereocenters. The lowest BCUT2D eigenvalue weighted by atomic mass is 9.97. The molecular weight excluding hydrogens is 302 g/mol. The maximum atomic E-state index is 12.3. The van der Waals surface area contributed by atoms with E-state index < -0.39 is 18.0 Å². The molecule has 0 unspecified atom stereocenters. The van der Waals surface area contributed by atoms with Crippen molar-refractivity contribution in [1.82, 2.24) is 4.90 Å². The molecule has 0 saturated heterocycles. The molecule has 0 fully saturated rings. The third kappa shape index (κ3) is 4.37. The molecular formula is C12H12Cl2F3NO. The van der Waals surface area contributed by atoms with E-state index in [1.807, 2.05) is 0 Å². The van der Waals surface area contributed by atoms with Gasteiger partial charge in [-0.1, -0.05) is 6.07 Å². The average Bonchev–Trinajstić information content (AvgIpc) is 2.26. The average molecular weight is 314 g/mol. The van der Waals surface area contributed by atoms with Gasteiger partial charge in [0, 0.05) is 18.7 Å². The summed E-state index contributed by atoms with van der Waals surface area (Å²) in [7, 11) is 0. The molecule has 1 aromatic rings. The number of hydrogen-bond acceptors (Lipinski definition) is 2. The van der Waals surface area contributed by atoms with Gasteiger partial charge in [0.25, 0.3) is 5.24 Å². The van der Waals surface area contributed by atoms with Crippen molar-refractivity contribution in [3.63, 3.8) is 0 Å². The third-order valence-corrected chi connectivity index (χ3v) is 3.15. The van der Waals surface area contributed by atoms with Crippen LogP contribution in [0.25, 0.3) is 0 Å². The second-order valence-corrected chi connectivity index (χ2v) is 4.68. The fraction of sp³-hybridized carbons (Fsp3) is 0.417. The van der Waals surface area contributed by atoms with E-state index >= 15 is 0 Å². The Labute approximate surface area is 119 Å². The van der Waals surface area contributed by atoms with Crippen LogP contribution in [0.2, 0.25) is 0 Å². The van der Waals surface area contributed by atoms with Crippen LogP contribution in [0, 0.1) is 0 Å². The zero-order valence-corrected chi connectivity index (χ0v) is 11.4. The molecule has 2 rings (SSSR count). The number of alkyl halides is 3. The number of rotatable bonds is 2. The van der Waals surface area contributed by atoms with Crippen LogP contribution in [0.15, 0.2) is 18.2 Å². The van der Waals surface area contributed by atoms with Gasteiger partial charge in [-0.2, -0.15) is 13.2 Å². The lowest BCUT2D eigenvalue weighted by Crippen LogP contribution is -2.38. The summed E-state index contributed by atoms with van der Waals surface area (Å²) in [5.41, 5.74) is 2.12. The number of fused-ring (bicyclic) bond motifs is 1. The Kier molecular flexibility index (Phi) is 5.24. The zero-order valence-electron chi connectivity index (χ0n) is 9.84. The van der Waals surface area contributed by atoms with E-state index in [1.54, 1.807) is 18.2 Å². The Bertz CT molecular complexity index is 477. The summed E-state index contributed by atoms with van der Waals surface area (Å²) in [6.07, 6.45) is -3.67. The van der Waals surface area contributed by atoms with Gasteiger partial charge in [0.05, 0.1) is 6.54 Å². The predicted molar refractivity (Wildman–Crippen MR) is 68.9 cm³/mol. The van der Waals surface area contributed by atoms with Crippen LogP contribution < -0.4 is 0 Å². The highest BCUT2D eigenvalue weighted by Crippen LogP contribution is 2.24. The SMILES string of the molecule is Cl.O=C(Cl)c1ccc2c(c1)CCN(CC(F)(F)F)C2. The molecule has 1 aliphatic heterocycles. The molecule has 0 bridgehead atoms. The minimum absolute atomic E-state index is 0. The second kappa shape index (κ2) is 6.11. The molecule has 0 radical (unpaired) electrons. The standard InChI is InChI=1S/C12H11ClF3NO.ClH/c13-11(18)9-1-2-10-6-17(7-12(14,15)16)4-3-8(10)5-9;/h1-2,5H,3-4,6-7H2;1H. The van der Waals surface area contributed by atoms with Gasteiger partial charge >= 0.3 is 6.18 Å². The number of hydrogen-bond donors (Lipinski definition) is 0. The summed E-state index contributed by atoms with van der Waals surface area (Å²) in [6, 6.07) is 4.88. The molecule has 0 N–H and O–H groups in total. The molecule has 0 aromatic heterocycles. The first-order valence-electron chi connectivity index (χ1n) is 5.46. The van der Waals surface area contributed by atoms with E-state index in [2.05, 4.69) is 0 Å². The summed E-state index contributed by atoms with van der Waals surface area (Å²) < 4.78 is 36.8. The van der Waals surface area contributed by atoms with E-state index in [9.17, 15) is 18.0 Å². The first kappa shape index (κ1) is 16.3. The van der Waals surface area contributed by atoms with Gasteiger partial charge in [0.1, 0.15) is 0 Å². The van der Waals surface area contributed by atoms with Crippen molar-refractivity contribution in [1.29, 1.82) is 0 Å². The number of benzene rings is 1. The lowest BCUT2D eigenvalue weighted by Gasteiger charge is -2.29. The van der Waals surface area contributed by atoms with Crippen LogP contribution in [0.3, 0.4) is 0 Å². The van der Waals surface area contributed by atoms with E-state index in [4.69, 9.17) is 11.6 Å². The van der Waals surface area contributed by atoms with Crippen molar-refractivity contribution < 1.29 is 18.0 Å². The number of carbonyl (C=O) groups is 1. The first-order valence-corrected chi connectivity index (χ1v) is 5.84. The molecule has 7 heteroatoms. The molecule has 19 heavy (non-hydrogen) atoms. The Morgan fingerprint density at radius 3 is 2.58 bits per heavy atom. The quantitative estimate of drug-likeness (QED) is 0.780. The molecule has 0 amide bonds. The Balaban J connectivity index is 0.00000180. The molecule has 0 spiro atoms. The molecule has 0 aliphatic carbocycles. The van der Waals surface area contributed by atoms with Crippen molar-refractivity contribution in [3.8, 4) is 0 Å². The minimum Gasteiger partial charge on any atom is -0.290 e. The van der Waals surface area contributed by atoms with Crippen LogP contribution in [-0.2, 0) is 13.0 Å². The van der Waals surface area contributed by atoms with E-state index in [0.29, 0.717) is 18.5 Å². The highest BCUT2D eigenvalue weighted by molar-refractivity contribution is 6.67. The van der Waals surface area contributed by atoms with Gasteiger partial charge < -0.3 is 0 Å². The zero-order chi connectivity index (χ0) is 13.3. The summed E-state index contributed by atoms with van der Waals surface area (Å²) in [6.45, 7) is -0.305. The minimum atomic E-state index is -4.18. The van der Waals surface area contributed by atoms with Crippen molar-refractivity contribution in [2.24, 2.45) is 0 Å². The summed E-state index contributed by atoms with van der Waals surface area (Å²) in [4.78, 5) is 12.3. The normalized spacial score (nSPS) is 15.6. The van der Waals surface area contributed by atoms with Gasteiger partial charge in [-0.3, -0.25) is 9.69 Å². The largest absolute Gasteiger partial charge is 0.401 e. The van der Waals surface area contributed by atoms with Crippen LogP contribution in [0.4, 0.5) is 13.2 Å². The number of carbonyl (C=O) groups excluding carboxylic acids is 1. The Morgan fingerprint density at radius 1 is 1.32 bits per heavy atom. The lowest BCUT2D eigenvalue weighted by molar-refractivity contribution is -0.147. The van der Waals surface area contributed by atoms with Crippen molar-refractivity contribution >= 4 is 29.3 Å². The van der Waals surface area contributed by atoms with E-state index in [-0.39, 0.29) is 19.0 Å². The Hall–Kier alpha value is -0.780. The predicted octanol–water partition coefficient (Wildman–Crippen LogP) is 3.41. The summed E-state index contributed by atoms with van der Waals surface area (Å²) in [5.74, 6) is 0. The second-order valence-electron chi connectivity index (χ2n) is 4.33. The third-order valence-electron chi connectivity index (χ3n) is 2.93. The highest BCUT2D eigenvalue weighted by atomic mass is 35.5. The monoisotopic (exact) mass is 313 g/mol. The summed E-state index contributed by atoms with van der Waals surface area (Å²) in [5, 5.41) is -0.546. The van der Waals surface area contributed by atoms with Gasteiger partial charge in [-0.05, 0) is 41.3 Å². The van der Waals surface area contributed by atoms with Gasteiger partial charge in [-0.15, -0.1) is 12.4 Å². The molecule has 0 saturated carbocycles. The molecule has 1 aromatic carbocycles. The van der Waals surface area contributed by atoms with Crippen LogP contribution >= 0.6 is 24.0 Å². The van der Waals surface area contributed by atoms with Crippen molar-refractivity contribution in [2.75, 3.05) is 13.1 Å². The van der Waals surface area contributed by atoms with Crippen LogP contribution in [0.1, 0.15) is 21.5 Å².